The lowest BCUT2D eigenvalue weighted by molar-refractivity contribution is -0.147. The Morgan fingerprint density at radius 2 is 1.71 bits per heavy atom. The molecule has 0 amide bonds. The Hall–Kier alpha value is -3.73. The van der Waals surface area contributed by atoms with Gasteiger partial charge in [-0.15, -0.1) is 0 Å². The zero-order valence-corrected chi connectivity index (χ0v) is 17.4. The number of esters is 1. The van der Waals surface area contributed by atoms with Gasteiger partial charge in [0.2, 0.25) is 0 Å². The second kappa shape index (κ2) is 9.39. The first-order chi connectivity index (χ1) is 15.1. The molecule has 0 saturated heterocycles. The first-order valence-electron chi connectivity index (χ1n) is 10.3. The fourth-order valence-electron chi connectivity index (χ4n) is 3.64. The van der Waals surface area contributed by atoms with Gasteiger partial charge in [-0.25, -0.2) is 4.98 Å². The van der Waals surface area contributed by atoms with Crippen molar-refractivity contribution in [3.63, 3.8) is 0 Å². The van der Waals surface area contributed by atoms with E-state index in [4.69, 9.17) is 4.74 Å². The van der Waals surface area contributed by atoms with Gasteiger partial charge in [0.05, 0.1) is 11.6 Å². The van der Waals surface area contributed by atoms with Crippen molar-refractivity contribution in [2.45, 2.75) is 32.3 Å². The predicted octanol–water partition coefficient (Wildman–Crippen LogP) is 4.46. The normalized spacial score (nSPS) is 11.9. The molecule has 2 aromatic carbocycles. The van der Waals surface area contributed by atoms with Gasteiger partial charge in [-0.05, 0) is 42.5 Å². The molecule has 4 aromatic rings. The molecule has 0 aliphatic carbocycles. The number of carbonyl (C=O) groups is 1. The summed E-state index contributed by atoms with van der Waals surface area (Å²) >= 11 is 0. The zero-order chi connectivity index (χ0) is 21.6. The maximum absolute atomic E-state index is 13.0. The van der Waals surface area contributed by atoms with Crippen LogP contribution in [0.4, 0.5) is 0 Å². The molecule has 31 heavy (non-hydrogen) atoms. The third kappa shape index (κ3) is 5.07. The number of hydrogen-bond donors (Lipinski definition) is 0. The van der Waals surface area contributed by atoms with Gasteiger partial charge in [-0.3, -0.25) is 14.0 Å². The van der Waals surface area contributed by atoms with Crippen LogP contribution >= 0.6 is 0 Å². The SMILES string of the molecule is Cc1ccc2nc(COC(=O)C(CCc3ccccc3)c3ccccc3)cc(=O)n2c1. The Bertz CT molecular complexity index is 1230. The minimum atomic E-state index is -0.384. The van der Waals surface area contributed by atoms with Crippen LogP contribution in [0.3, 0.4) is 0 Å². The van der Waals surface area contributed by atoms with E-state index in [1.807, 2.05) is 61.5 Å². The second-order valence-electron chi connectivity index (χ2n) is 7.62. The van der Waals surface area contributed by atoms with Gasteiger partial charge in [0.15, 0.2) is 0 Å². The van der Waals surface area contributed by atoms with E-state index >= 15 is 0 Å². The van der Waals surface area contributed by atoms with Gasteiger partial charge in [-0.1, -0.05) is 66.7 Å². The molecule has 0 aliphatic rings. The molecular weight excluding hydrogens is 388 g/mol. The number of rotatable bonds is 7. The Kier molecular flexibility index (Phi) is 6.22. The van der Waals surface area contributed by atoms with Crippen LogP contribution < -0.4 is 5.56 Å². The summed E-state index contributed by atoms with van der Waals surface area (Å²) < 4.78 is 7.10. The molecule has 1 unspecified atom stereocenters. The van der Waals surface area contributed by atoms with Crippen molar-refractivity contribution >= 4 is 11.6 Å². The van der Waals surface area contributed by atoms with Gasteiger partial charge >= 0.3 is 5.97 Å². The largest absolute Gasteiger partial charge is 0.459 e. The summed E-state index contributed by atoms with van der Waals surface area (Å²) in [6.45, 7) is 1.88. The lowest BCUT2D eigenvalue weighted by atomic mass is 9.92. The second-order valence-corrected chi connectivity index (χ2v) is 7.62. The molecule has 0 aliphatic heterocycles. The first-order valence-corrected chi connectivity index (χ1v) is 10.3. The summed E-state index contributed by atoms with van der Waals surface area (Å²) in [7, 11) is 0. The van der Waals surface area contributed by atoms with Gasteiger partial charge < -0.3 is 4.74 Å². The summed E-state index contributed by atoms with van der Waals surface area (Å²) in [4.78, 5) is 29.9. The van der Waals surface area contributed by atoms with E-state index in [2.05, 4.69) is 17.1 Å². The van der Waals surface area contributed by atoms with E-state index in [1.165, 1.54) is 16.0 Å². The van der Waals surface area contributed by atoms with Crippen molar-refractivity contribution in [2.24, 2.45) is 0 Å². The van der Waals surface area contributed by atoms with Crippen LogP contribution in [-0.2, 0) is 22.6 Å². The van der Waals surface area contributed by atoms with E-state index in [9.17, 15) is 9.59 Å². The van der Waals surface area contributed by atoms with Gasteiger partial charge in [0.25, 0.3) is 5.56 Å². The molecule has 0 radical (unpaired) electrons. The van der Waals surface area contributed by atoms with Crippen molar-refractivity contribution in [3.8, 4) is 0 Å². The summed E-state index contributed by atoms with van der Waals surface area (Å²) in [6.07, 6.45) is 3.15. The number of nitrogens with zero attached hydrogens (tertiary/aromatic N) is 2. The number of carbonyl (C=O) groups excluding carboxylic acids is 1. The van der Waals surface area contributed by atoms with E-state index in [-0.39, 0.29) is 24.1 Å². The van der Waals surface area contributed by atoms with Crippen LogP contribution in [0, 0.1) is 6.92 Å². The highest BCUT2D eigenvalue weighted by molar-refractivity contribution is 5.78. The number of pyridine rings is 1. The molecule has 5 nitrogen and oxygen atoms in total. The smallest absolute Gasteiger partial charge is 0.313 e. The van der Waals surface area contributed by atoms with Crippen LogP contribution in [0.2, 0.25) is 0 Å². The molecule has 0 saturated carbocycles. The molecule has 2 heterocycles. The van der Waals surface area contributed by atoms with Crippen molar-refractivity contribution in [2.75, 3.05) is 0 Å². The number of benzene rings is 2. The molecule has 0 spiro atoms. The average molecular weight is 412 g/mol. The van der Waals surface area contributed by atoms with E-state index in [0.29, 0.717) is 17.8 Å². The van der Waals surface area contributed by atoms with E-state index < -0.39 is 0 Å². The van der Waals surface area contributed by atoms with Crippen LogP contribution in [0.5, 0.6) is 0 Å². The Labute approximate surface area is 181 Å². The minimum Gasteiger partial charge on any atom is -0.459 e. The van der Waals surface area contributed by atoms with E-state index in [0.717, 1.165) is 17.5 Å². The number of ether oxygens (including phenoxy) is 1. The zero-order valence-electron chi connectivity index (χ0n) is 17.4. The lowest BCUT2D eigenvalue weighted by Gasteiger charge is -2.16. The van der Waals surface area contributed by atoms with Gasteiger partial charge in [0.1, 0.15) is 12.3 Å². The van der Waals surface area contributed by atoms with Crippen LogP contribution in [0.25, 0.3) is 5.65 Å². The van der Waals surface area contributed by atoms with Crippen LogP contribution in [-0.4, -0.2) is 15.4 Å². The number of fused-ring (bicyclic) bond motifs is 1. The summed E-state index contributed by atoms with van der Waals surface area (Å²) in [6, 6.07) is 24.8. The van der Waals surface area contributed by atoms with Crippen LogP contribution in [0.15, 0.2) is 89.9 Å². The monoisotopic (exact) mass is 412 g/mol. The molecule has 0 fully saturated rings. The number of aromatic nitrogens is 2. The quantitative estimate of drug-likeness (QED) is 0.421. The molecule has 0 bridgehead atoms. The Morgan fingerprint density at radius 3 is 2.45 bits per heavy atom. The predicted molar refractivity (Wildman–Crippen MR) is 120 cm³/mol. The summed E-state index contributed by atoms with van der Waals surface area (Å²) in [5.74, 6) is -0.696. The van der Waals surface area contributed by atoms with Gasteiger partial charge in [-0.2, -0.15) is 0 Å². The highest BCUT2D eigenvalue weighted by atomic mass is 16.5. The van der Waals surface area contributed by atoms with Crippen molar-refractivity contribution in [1.82, 2.24) is 9.38 Å². The molecule has 156 valence electrons. The molecule has 4 rings (SSSR count). The highest BCUT2D eigenvalue weighted by Gasteiger charge is 2.22. The van der Waals surface area contributed by atoms with E-state index in [1.54, 1.807) is 12.3 Å². The average Bonchev–Trinajstić information content (AvgIpc) is 2.80. The summed E-state index contributed by atoms with van der Waals surface area (Å²) in [5.41, 5.74) is 3.86. The van der Waals surface area contributed by atoms with Gasteiger partial charge in [0, 0.05) is 12.3 Å². The molecule has 0 N–H and O–H groups in total. The maximum atomic E-state index is 13.0. The molecule has 2 aromatic heterocycles. The van der Waals surface area contributed by atoms with Crippen LogP contribution in [0.1, 0.15) is 34.7 Å². The third-order valence-corrected chi connectivity index (χ3v) is 5.27. The Balaban J connectivity index is 1.50. The fourth-order valence-corrected chi connectivity index (χ4v) is 3.64. The topological polar surface area (TPSA) is 60.7 Å². The molecular formula is C26H24N2O3. The number of hydrogen-bond acceptors (Lipinski definition) is 4. The minimum absolute atomic E-state index is 0.0346. The summed E-state index contributed by atoms with van der Waals surface area (Å²) in [5, 5.41) is 0. The standard InChI is InChI=1S/C26H24N2O3/c1-19-12-15-24-27-22(16-25(29)28(24)17-19)18-31-26(30)23(21-10-6-3-7-11-21)14-13-20-8-4-2-5-9-20/h2-12,15-17,23H,13-14,18H2,1H3. The lowest BCUT2D eigenvalue weighted by Crippen LogP contribution is -2.19. The maximum Gasteiger partial charge on any atom is 0.313 e. The van der Waals surface area contributed by atoms with Crippen molar-refractivity contribution in [1.29, 1.82) is 0 Å². The number of aryl methyl sites for hydroxylation is 2. The molecule has 5 heteroatoms. The van der Waals surface area contributed by atoms with Crippen molar-refractivity contribution in [3.05, 3.63) is 118 Å². The van der Waals surface area contributed by atoms with Crippen molar-refractivity contribution < 1.29 is 9.53 Å². The fraction of sp³-hybridized carbons (Fsp3) is 0.192. The first kappa shape index (κ1) is 20.5. The Morgan fingerprint density at radius 1 is 1.00 bits per heavy atom. The molecule has 1 atom stereocenters. The highest BCUT2D eigenvalue weighted by Crippen LogP contribution is 2.24. The third-order valence-electron chi connectivity index (χ3n) is 5.27.